The third kappa shape index (κ3) is 4.91. The van der Waals surface area contributed by atoms with Gasteiger partial charge in [-0.2, -0.15) is 0 Å². The van der Waals surface area contributed by atoms with Crippen LogP contribution in [0.15, 0.2) is 58.4 Å². The average Bonchev–Trinajstić information content (AvgIpc) is 3.24. The van der Waals surface area contributed by atoms with Gasteiger partial charge in [-0.3, -0.25) is 4.79 Å². The van der Waals surface area contributed by atoms with Crippen molar-refractivity contribution in [3.05, 3.63) is 69.6 Å². The lowest BCUT2D eigenvalue weighted by molar-refractivity contribution is -0.0229. The highest BCUT2D eigenvalue weighted by molar-refractivity contribution is 9.10. The predicted molar refractivity (Wildman–Crippen MR) is 122 cm³/mol. The smallest absolute Gasteiger partial charge is 0.273 e. The number of thiazole rings is 1. The lowest BCUT2D eigenvalue weighted by Crippen LogP contribution is -2.42. The number of nitrogens with zero attached hydrogens (tertiary/aromatic N) is 2. The van der Waals surface area contributed by atoms with Crippen LogP contribution in [0, 0.1) is 0 Å². The number of hydrogen-bond acceptors (Lipinski definition) is 5. The lowest BCUT2D eigenvalue weighted by Gasteiger charge is -2.32. The molecule has 2 heterocycles. The number of aromatic nitrogens is 1. The molecule has 4 rings (SSSR count). The molecule has 1 aromatic heterocycles. The fourth-order valence-electron chi connectivity index (χ4n) is 3.33. The second-order valence-corrected chi connectivity index (χ2v) is 9.16. The Morgan fingerprint density at radius 2 is 1.93 bits per heavy atom. The molecular formula is C23H23BrN2O3S. The Balaban J connectivity index is 1.45. The molecule has 0 radical (unpaired) electrons. The second kappa shape index (κ2) is 9.29. The Kier molecular flexibility index (Phi) is 6.51. The maximum Gasteiger partial charge on any atom is 0.273 e. The van der Waals surface area contributed by atoms with Crippen LogP contribution in [0.2, 0.25) is 0 Å². The standard InChI is InChI=1S/C23H23BrN2O3S/c1-15(2)29-19-9-5-17(6-10-19)22-25-20(14-30-22)23(27)26-11-12-28-21(13-26)16-3-7-18(24)8-4-16/h3-10,14-15,21H,11-13H2,1-2H3. The Morgan fingerprint density at radius 1 is 1.20 bits per heavy atom. The van der Waals surface area contributed by atoms with E-state index in [1.54, 1.807) is 0 Å². The van der Waals surface area contributed by atoms with Gasteiger partial charge in [-0.25, -0.2) is 4.98 Å². The summed E-state index contributed by atoms with van der Waals surface area (Å²) in [5, 5.41) is 2.66. The van der Waals surface area contributed by atoms with E-state index in [2.05, 4.69) is 20.9 Å². The molecule has 1 unspecified atom stereocenters. The summed E-state index contributed by atoms with van der Waals surface area (Å²) < 4.78 is 12.6. The third-order valence-electron chi connectivity index (χ3n) is 4.79. The minimum absolute atomic E-state index is 0.0531. The summed E-state index contributed by atoms with van der Waals surface area (Å²) in [6, 6.07) is 15.8. The van der Waals surface area contributed by atoms with Crippen molar-refractivity contribution in [2.45, 2.75) is 26.1 Å². The molecule has 0 aliphatic carbocycles. The molecule has 1 fully saturated rings. The molecule has 156 valence electrons. The first-order chi connectivity index (χ1) is 14.5. The molecule has 1 aliphatic rings. The van der Waals surface area contributed by atoms with Crippen LogP contribution in [0.25, 0.3) is 10.6 Å². The van der Waals surface area contributed by atoms with E-state index in [1.807, 2.05) is 72.7 Å². The molecule has 1 amide bonds. The number of amides is 1. The molecule has 1 atom stereocenters. The van der Waals surface area contributed by atoms with Gasteiger partial charge in [-0.15, -0.1) is 11.3 Å². The van der Waals surface area contributed by atoms with Gasteiger partial charge in [-0.1, -0.05) is 28.1 Å². The monoisotopic (exact) mass is 486 g/mol. The van der Waals surface area contributed by atoms with Crippen molar-refractivity contribution in [3.8, 4) is 16.3 Å². The number of hydrogen-bond donors (Lipinski definition) is 0. The van der Waals surface area contributed by atoms with E-state index in [1.165, 1.54) is 11.3 Å². The fourth-order valence-corrected chi connectivity index (χ4v) is 4.39. The van der Waals surface area contributed by atoms with Crippen molar-refractivity contribution in [2.75, 3.05) is 19.7 Å². The van der Waals surface area contributed by atoms with E-state index in [0.29, 0.717) is 25.4 Å². The van der Waals surface area contributed by atoms with E-state index in [-0.39, 0.29) is 18.1 Å². The summed E-state index contributed by atoms with van der Waals surface area (Å²) >= 11 is 4.93. The first kappa shape index (κ1) is 21.0. The Bertz CT molecular complexity index is 1000. The van der Waals surface area contributed by atoms with Crippen LogP contribution in [0.1, 0.15) is 36.0 Å². The summed E-state index contributed by atoms with van der Waals surface area (Å²) in [6.07, 6.45) is 0.0112. The number of ether oxygens (including phenoxy) is 2. The minimum atomic E-state index is -0.123. The molecule has 2 aromatic carbocycles. The van der Waals surface area contributed by atoms with Crippen LogP contribution in [0.4, 0.5) is 0 Å². The van der Waals surface area contributed by atoms with Gasteiger partial charge in [0.1, 0.15) is 22.6 Å². The molecule has 7 heteroatoms. The third-order valence-corrected chi connectivity index (χ3v) is 6.21. The van der Waals surface area contributed by atoms with Crippen LogP contribution in [0.3, 0.4) is 0 Å². The van der Waals surface area contributed by atoms with Gasteiger partial charge in [0.15, 0.2) is 0 Å². The van der Waals surface area contributed by atoms with Crippen molar-refractivity contribution < 1.29 is 14.3 Å². The van der Waals surface area contributed by atoms with Gasteiger partial charge in [0.2, 0.25) is 0 Å². The van der Waals surface area contributed by atoms with Gasteiger partial charge in [0.25, 0.3) is 5.91 Å². The van der Waals surface area contributed by atoms with Crippen LogP contribution in [0.5, 0.6) is 5.75 Å². The summed E-state index contributed by atoms with van der Waals surface area (Å²) in [5.74, 6) is 0.775. The van der Waals surface area contributed by atoms with E-state index in [4.69, 9.17) is 9.47 Å². The zero-order chi connectivity index (χ0) is 21.1. The number of carbonyl (C=O) groups excluding carboxylic acids is 1. The molecule has 0 saturated carbocycles. The van der Waals surface area contributed by atoms with Crippen LogP contribution < -0.4 is 4.74 Å². The maximum absolute atomic E-state index is 13.0. The molecule has 0 bridgehead atoms. The van der Waals surface area contributed by atoms with Gasteiger partial charge >= 0.3 is 0 Å². The van der Waals surface area contributed by atoms with E-state index in [9.17, 15) is 4.79 Å². The highest BCUT2D eigenvalue weighted by Gasteiger charge is 2.27. The molecule has 0 spiro atoms. The minimum Gasteiger partial charge on any atom is -0.491 e. The van der Waals surface area contributed by atoms with Gasteiger partial charge in [-0.05, 0) is 55.8 Å². The summed E-state index contributed by atoms with van der Waals surface area (Å²) in [4.78, 5) is 19.5. The van der Waals surface area contributed by atoms with E-state index in [0.717, 1.165) is 26.4 Å². The molecular weight excluding hydrogens is 464 g/mol. The van der Waals surface area contributed by atoms with Crippen LogP contribution in [-0.2, 0) is 4.74 Å². The van der Waals surface area contributed by atoms with Gasteiger partial charge < -0.3 is 14.4 Å². The van der Waals surface area contributed by atoms with Crippen LogP contribution >= 0.6 is 27.3 Å². The number of rotatable bonds is 5. The van der Waals surface area contributed by atoms with Crippen molar-refractivity contribution in [2.24, 2.45) is 0 Å². The molecule has 3 aromatic rings. The normalized spacial score (nSPS) is 16.7. The predicted octanol–water partition coefficient (Wildman–Crippen LogP) is 5.57. The average molecular weight is 487 g/mol. The van der Waals surface area contributed by atoms with Gasteiger partial charge in [0.05, 0.1) is 19.3 Å². The fraction of sp³-hybridized carbons (Fsp3) is 0.304. The number of halogens is 1. The highest BCUT2D eigenvalue weighted by atomic mass is 79.9. The van der Waals surface area contributed by atoms with Gasteiger partial charge in [0, 0.05) is 22.0 Å². The van der Waals surface area contributed by atoms with Crippen molar-refractivity contribution in [1.82, 2.24) is 9.88 Å². The number of benzene rings is 2. The maximum atomic E-state index is 13.0. The van der Waals surface area contributed by atoms with Crippen molar-refractivity contribution in [3.63, 3.8) is 0 Å². The Labute approximate surface area is 188 Å². The zero-order valence-corrected chi connectivity index (χ0v) is 19.3. The molecule has 30 heavy (non-hydrogen) atoms. The lowest BCUT2D eigenvalue weighted by atomic mass is 10.1. The topological polar surface area (TPSA) is 51.7 Å². The quantitative estimate of drug-likeness (QED) is 0.472. The first-order valence-corrected chi connectivity index (χ1v) is 11.6. The summed E-state index contributed by atoms with van der Waals surface area (Å²) in [6.45, 7) is 5.61. The number of carbonyl (C=O) groups is 1. The second-order valence-electron chi connectivity index (χ2n) is 7.39. The van der Waals surface area contributed by atoms with Crippen molar-refractivity contribution in [1.29, 1.82) is 0 Å². The zero-order valence-electron chi connectivity index (χ0n) is 16.9. The molecule has 1 aliphatic heterocycles. The highest BCUT2D eigenvalue weighted by Crippen LogP contribution is 2.28. The van der Waals surface area contributed by atoms with E-state index < -0.39 is 0 Å². The SMILES string of the molecule is CC(C)Oc1ccc(-c2nc(C(=O)N3CCOC(c4ccc(Br)cc4)C3)cs2)cc1. The Hall–Kier alpha value is -2.22. The van der Waals surface area contributed by atoms with Crippen LogP contribution in [-0.4, -0.2) is 41.6 Å². The molecule has 5 nitrogen and oxygen atoms in total. The number of morpholine rings is 1. The molecule has 0 N–H and O–H groups in total. The Morgan fingerprint density at radius 3 is 2.63 bits per heavy atom. The molecule has 1 saturated heterocycles. The first-order valence-electron chi connectivity index (χ1n) is 9.88. The largest absolute Gasteiger partial charge is 0.491 e. The summed E-state index contributed by atoms with van der Waals surface area (Å²) in [5.41, 5.74) is 2.53. The van der Waals surface area contributed by atoms with Crippen molar-refractivity contribution >= 4 is 33.2 Å². The summed E-state index contributed by atoms with van der Waals surface area (Å²) in [7, 11) is 0. The van der Waals surface area contributed by atoms with E-state index >= 15 is 0 Å².